The number of rotatable bonds is 11. The Morgan fingerprint density at radius 2 is 1.39 bits per heavy atom. The standard InChI is InChI=1S/C25H29NO2/c1-27-25-19-23(20-26-17-8-13-21-9-4-2-5-10-21)14-15-24(25)28-18-16-22-11-6-3-7-12-22/h2-7,9-12,14-15,19,26H,8,13,16-18,20H2,1H3. The lowest BCUT2D eigenvalue weighted by atomic mass is 10.1. The third-order valence-corrected chi connectivity index (χ3v) is 4.71. The van der Waals surface area contributed by atoms with Crippen LogP contribution in [0.2, 0.25) is 0 Å². The van der Waals surface area contributed by atoms with Gasteiger partial charge in [-0.05, 0) is 48.2 Å². The topological polar surface area (TPSA) is 30.5 Å². The monoisotopic (exact) mass is 375 g/mol. The maximum Gasteiger partial charge on any atom is 0.161 e. The lowest BCUT2D eigenvalue weighted by Gasteiger charge is -2.13. The third kappa shape index (κ3) is 6.43. The smallest absolute Gasteiger partial charge is 0.161 e. The number of nitrogens with one attached hydrogen (secondary N) is 1. The fourth-order valence-electron chi connectivity index (χ4n) is 3.16. The van der Waals surface area contributed by atoms with Gasteiger partial charge in [-0.1, -0.05) is 66.7 Å². The van der Waals surface area contributed by atoms with Crippen LogP contribution in [0.1, 0.15) is 23.1 Å². The van der Waals surface area contributed by atoms with Crippen LogP contribution < -0.4 is 14.8 Å². The molecule has 0 saturated carbocycles. The van der Waals surface area contributed by atoms with Crippen molar-refractivity contribution in [2.75, 3.05) is 20.3 Å². The van der Waals surface area contributed by atoms with Gasteiger partial charge >= 0.3 is 0 Å². The number of aryl methyl sites for hydroxylation is 1. The quantitative estimate of drug-likeness (QED) is 0.476. The Morgan fingerprint density at radius 1 is 0.714 bits per heavy atom. The second-order valence-corrected chi connectivity index (χ2v) is 6.84. The van der Waals surface area contributed by atoms with E-state index in [1.165, 1.54) is 16.7 Å². The van der Waals surface area contributed by atoms with Crippen molar-refractivity contribution < 1.29 is 9.47 Å². The van der Waals surface area contributed by atoms with E-state index in [1.54, 1.807) is 7.11 Å². The maximum absolute atomic E-state index is 5.93. The molecule has 0 radical (unpaired) electrons. The van der Waals surface area contributed by atoms with Gasteiger partial charge in [0, 0.05) is 13.0 Å². The summed E-state index contributed by atoms with van der Waals surface area (Å²) in [5, 5.41) is 3.51. The largest absolute Gasteiger partial charge is 0.493 e. The Balaban J connectivity index is 1.42. The first-order valence-corrected chi connectivity index (χ1v) is 9.93. The van der Waals surface area contributed by atoms with Crippen LogP contribution in [0.15, 0.2) is 78.9 Å². The molecular formula is C25H29NO2. The lowest BCUT2D eigenvalue weighted by molar-refractivity contribution is 0.297. The molecule has 146 valence electrons. The average molecular weight is 376 g/mol. The number of hydrogen-bond donors (Lipinski definition) is 1. The van der Waals surface area contributed by atoms with Crippen molar-refractivity contribution in [3.05, 3.63) is 95.6 Å². The van der Waals surface area contributed by atoms with Gasteiger partial charge in [-0.15, -0.1) is 0 Å². The van der Waals surface area contributed by atoms with E-state index < -0.39 is 0 Å². The molecule has 0 atom stereocenters. The molecule has 0 fully saturated rings. The minimum atomic E-state index is 0.636. The summed E-state index contributed by atoms with van der Waals surface area (Å²) in [6.07, 6.45) is 3.11. The van der Waals surface area contributed by atoms with Crippen molar-refractivity contribution in [3.8, 4) is 11.5 Å². The predicted octanol–water partition coefficient (Wildman–Crippen LogP) is 5.04. The summed E-state index contributed by atoms with van der Waals surface area (Å²) in [6.45, 7) is 2.46. The SMILES string of the molecule is COc1cc(CNCCCc2ccccc2)ccc1OCCc1ccccc1. The van der Waals surface area contributed by atoms with Crippen LogP contribution in [-0.2, 0) is 19.4 Å². The van der Waals surface area contributed by atoms with Gasteiger partial charge in [-0.25, -0.2) is 0 Å². The molecule has 0 unspecified atom stereocenters. The molecule has 0 aromatic heterocycles. The van der Waals surface area contributed by atoms with Gasteiger partial charge in [-0.3, -0.25) is 0 Å². The van der Waals surface area contributed by atoms with E-state index in [0.29, 0.717) is 6.61 Å². The van der Waals surface area contributed by atoms with E-state index >= 15 is 0 Å². The summed E-state index contributed by atoms with van der Waals surface area (Å²) in [4.78, 5) is 0. The number of hydrogen-bond acceptors (Lipinski definition) is 3. The molecule has 3 nitrogen and oxygen atoms in total. The number of ether oxygens (including phenoxy) is 2. The molecule has 0 amide bonds. The van der Waals surface area contributed by atoms with Gasteiger partial charge in [0.15, 0.2) is 11.5 Å². The van der Waals surface area contributed by atoms with Gasteiger partial charge in [0.2, 0.25) is 0 Å². The van der Waals surface area contributed by atoms with Gasteiger partial charge in [0.05, 0.1) is 13.7 Å². The molecule has 0 aliphatic rings. The number of methoxy groups -OCH3 is 1. The summed E-state index contributed by atoms with van der Waals surface area (Å²) in [5.41, 5.74) is 3.87. The second kappa shape index (κ2) is 11.2. The van der Waals surface area contributed by atoms with Gasteiger partial charge in [0.25, 0.3) is 0 Å². The van der Waals surface area contributed by atoms with Gasteiger partial charge in [-0.2, -0.15) is 0 Å². The van der Waals surface area contributed by atoms with E-state index in [1.807, 2.05) is 12.1 Å². The summed E-state index contributed by atoms with van der Waals surface area (Å²) < 4.78 is 11.5. The highest BCUT2D eigenvalue weighted by Crippen LogP contribution is 2.28. The Kier molecular flexibility index (Phi) is 7.95. The van der Waals surface area contributed by atoms with E-state index in [-0.39, 0.29) is 0 Å². The van der Waals surface area contributed by atoms with E-state index in [0.717, 1.165) is 43.9 Å². The van der Waals surface area contributed by atoms with Crippen LogP contribution >= 0.6 is 0 Å². The average Bonchev–Trinajstić information content (AvgIpc) is 2.75. The predicted molar refractivity (Wildman–Crippen MR) is 115 cm³/mol. The highest BCUT2D eigenvalue weighted by atomic mass is 16.5. The molecule has 0 bridgehead atoms. The van der Waals surface area contributed by atoms with Crippen LogP contribution in [0.4, 0.5) is 0 Å². The number of benzene rings is 3. The zero-order valence-electron chi connectivity index (χ0n) is 16.6. The second-order valence-electron chi connectivity index (χ2n) is 6.84. The van der Waals surface area contributed by atoms with Crippen molar-refractivity contribution in [1.29, 1.82) is 0 Å². The summed E-state index contributed by atoms with van der Waals surface area (Å²) in [5.74, 6) is 1.59. The Morgan fingerprint density at radius 3 is 2.07 bits per heavy atom. The molecule has 0 spiro atoms. The fourth-order valence-corrected chi connectivity index (χ4v) is 3.16. The zero-order chi connectivity index (χ0) is 19.4. The fraction of sp³-hybridized carbons (Fsp3) is 0.280. The highest BCUT2D eigenvalue weighted by molar-refractivity contribution is 5.43. The van der Waals surface area contributed by atoms with Crippen LogP contribution in [0.5, 0.6) is 11.5 Å². The van der Waals surface area contributed by atoms with E-state index in [9.17, 15) is 0 Å². The Labute approximate surface area is 168 Å². The first-order chi connectivity index (χ1) is 13.8. The molecule has 0 saturated heterocycles. The van der Waals surface area contributed by atoms with Crippen LogP contribution in [-0.4, -0.2) is 20.3 Å². The molecule has 3 rings (SSSR count). The van der Waals surface area contributed by atoms with Gasteiger partial charge < -0.3 is 14.8 Å². The highest BCUT2D eigenvalue weighted by Gasteiger charge is 2.06. The van der Waals surface area contributed by atoms with Crippen molar-refractivity contribution in [3.63, 3.8) is 0 Å². The molecule has 3 heteroatoms. The minimum Gasteiger partial charge on any atom is -0.493 e. The van der Waals surface area contributed by atoms with Crippen LogP contribution in [0, 0.1) is 0 Å². The van der Waals surface area contributed by atoms with Crippen LogP contribution in [0.25, 0.3) is 0 Å². The van der Waals surface area contributed by atoms with Crippen molar-refractivity contribution in [2.45, 2.75) is 25.8 Å². The maximum atomic E-state index is 5.93. The molecule has 0 heterocycles. The first-order valence-electron chi connectivity index (χ1n) is 9.93. The normalized spacial score (nSPS) is 10.6. The van der Waals surface area contributed by atoms with E-state index in [2.05, 4.69) is 72.0 Å². The van der Waals surface area contributed by atoms with E-state index in [4.69, 9.17) is 9.47 Å². The molecule has 3 aromatic carbocycles. The summed E-state index contributed by atoms with van der Waals surface area (Å²) >= 11 is 0. The Hall–Kier alpha value is -2.78. The molecular weight excluding hydrogens is 346 g/mol. The molecule has 28 heavy (non-hydrogen) atoms. The van der Waals surface area contributed by atoms with Crippen molar-refractivity contribution in [2.24, 2.45) is 0 Å². The van der Waals surface area contributed by atoms with Crippen molar-refractivity contribution in [1.82, 2.24) is 5.32 Å². The molecule has 0 aliphatic heterocycles. The third-order valence-electron chi connectivity index (χ3n) is 4.71. The molecule has 0 aliphatic carbocycles. The lowest BCUT2D eigenvalue weighted by Crippen LogP contribution is -2.15. The molecule has 1 N–H and O–H groups in total. The minimum absolute atomic E-state index is 0.636. The van der Waals surface area contributed by atoms with Crippen molar-refractivity contribution >= 4 is 0 Å². The zero-order valence-corrected chi connectivity index (χ0v) is 16.6. The Bertz CT molecular complexity index is 818. The summed E-state index contributed by atoms with van der Waals surface area (Å²) in [6, 6.07) is 27.2. The molecule has 3 aromatic rings. The first kappa shape index (κ1) is 20.0. The van der Waals surface area contributed by atoms with Gasteiger partial charge in [0.1, 0.15) is 0 Å². The summed E-state index contributed by atoms with van der Waals surface area (Å²) in [7, 11) is 1.69. The van der Waals surface area contributed by atoms with Crippen LogP contribution in [0.3, 0.4) is 0 Å².